The van der Waals surface area contributed by atoms with Crippen LogP contribution in [0.3, 0.4) is 0 Å². The monoisotopic (exact) mass is 262 g/mol. The zero-order chi connectivity index (χ0) is 13.3. The largest absolute Gasteiger partial charge is 0.389 e. The maximum absolute atomic E-state index is 12.0. The molecule has 0 radical (unpaired) electrons. The highest BCUT2D eigenvalue weighted by Gasteiger charge is 2.40. The fraction of sp³-hybridized carbons (Fsp3) is 0.429. The van der Waals surface area contributed by atoms with Crippen molar-refractivity contribution in [1.82, 2.24) is 4.90 Å². The summed E-state index contributed by atoms with van der Waals surface area (Å²) >= 11 is 4.95. The van der Waals surface area contributed by atoms with Gasteiger partial charge in [0, 0.05) is 25.1 Å². The summed E-state index contributed by atoms with van der Waals surface area (Å²) < 4.78 is 0. The average Bonchev–Trinajstić information content (AvgIpc) is 3.05. The SMILES string of the molecule is CC1CC1C(=O)N(C)Cc1cccc(C(N)=S)c1. The van der Waals surface area contributed by atoms with E-state index in [0.717, 1.165) is 17.5 Å². The second-order valence-corrected chi connectivity index (χ2v) is 5.52. The van der Waals surface area contributed by atoms with Gasteiger partial charge in [-0.25, -0.2) is 0 Å². The molecular formula is C14H18N2OS. The fourth-order valence-electron chi connectivity index (χ4n) is 2.12. The zero-order valence-corrected chi connectivity index (χ0v) is 11.5. The summed E-state index contributed by atoms with van der Waals surface area (Å²) in [6.45, 7) is 2.72. The van der Waals surface area contributed by atoms with Crippen LogP contribution in [-0.2, 0) is 11.3 Å². The molecule has 1 aliphatic rings. The normalized spacial score (nSPS) is 21.4. The van der Waals surface area contributed by atoms with Crippen molar-refractivity contribution in [2.24, 2.45) is 17.6 Å². The number of carbonyl (C=O) groups excluding carboxylic acids is 1. The van der Waals surface area contributed by atoms with Crippen LogP contribution in [-0.4, -0.2) is 22.8 Å². The second-order valence-electron chi connectivity index (χ2n) is 5.08. The van der Waals surface area contributed by atoms with Gasteiger partial charge < -0.3 is 10.6 Å². The van der Waals surface area contributed by atoms with Crippen molar-refractivity contribution in [3.63, 3.8) is 0 Å². The standard InChI is InChI=1S/C14H18N2OS/c1-9-6-12(9)14(17)16(2)8-10-4-3-5-11(7-10)13(15)18/h3-5,7,9,12H,6,8H2,1-2H3,(H2,15,18). The molecule has 0 aromatic heterocycles. The summed E-state index contributed by atoms with van der Waals surface area (Å²) in [5, 5.41) is 0. The number of nitrogens with two attached hydrogens (primary N) is 1. The Balaban J connectivity index is 2.02. The molecule has 2 atom stereocenters. The van der Waals surface area contributed by atoms with E-state index in [1.54, 1.807) is 4.90 Å². The predicted octanol–water partition coefficient (Wildman–Crippen LogP) is 1.94. The predicted molar refractivity (Wildman–Crippen MR) is 76.1 cm³/mol. The molecule has 0 spiro atoms. The quantitative estimate of drug-likeness (QED) is 0.843. The molecule has 2 N–H and O–H groups in total. The first kappa shape index (κ1) is 13.0. The summed E-state index contributed by atoms with van der Waals surface area (Å²) in [6, 6.07) is 7.74. The highest BCUT2D eigenvalue weighted by atomic mass is 32.1. The molecule has 1 fully saturated rings. The number of hydrogen-bond acceptors (Lipinski definition) is 2. The van der Waals surface area contributed by atoms with Gasteiger partial charge in [-0.1, -0.05) is 37.3 Å². The Bertz CT molecular complexity index is 486. The van der Waals surface area contributed by atoms with Gasteiger partial charge in [0.05, 0.1) is 0 Å². The Labute approximate surface area is 113 Å². The highest BCUT2D eigenvalue weighted by Crippen LogP contribution is 2.39. The molecule has 1 aliphatic carbocycles. The van der Waals surface area contributed by atoms with Crippen molar-refractivity contribution in [3.05, 3.63) is 35.4 Å². The van der Waals surface area contributed by atoms with E-state index in [2.05, 4.69) is 6.92 Å². The molecule has 0 heterocycles. The summed E-state index contributed by atoms with van der Waals surface area (Å²) in [5.41, 5.74) is 7.51. The van der Waals surface area contributed by atoms with Gasteiger partial charge in [0.2, 0.25) is 5.91 Å². The molecule has 2 rings (SSSR count). The Morgan fingerprint density at radius 2 is 2.22 bits per heavy atom. The van der Waals surface area contributed by atoms with Gasteiger partial charge in [0.1, 0.15) is 4.99 Å². The third kappa shape index (κ3) is 2.88. The van der Waals surface area contributed by atoms with Crippen LogP contribution in [0.1, 0.15) is 24.5 Å². The summed E-state index contributed by atoms with van der Waals surface area (Å²) in [6.07, 6.45) is 1.02. The molecule has 3 nitrogen and oxygen atoms in total. The van der Waals surface area contributed by atoms with Crippen LogP contribution in [0.25, 0.3) is 0 Å². The number of carbonyl (C=O) groups is 1. The van der Waals surface area contributed by atoms with E-state index in [1.165, 1.54) is 0 Å². The minimum Gasteiger partial charge on any atom is -0.389 e. The molecule has 1 amide bonds. The first-order chi connectivity index (χ1) is 8.49. The maximum Gasteiger partial charge on any atom is 0.226 e. The molecule has 4 heteroatoms. The van der Waals surface area contributed by atoms with Crippen LogP contribution in [0.5, 0.6) is 0 Å². The van der Waals surface area contributed by atoms with Crippen LogP contribution >= 0.6 is 12.2 Å². The molecule has 0 saturated heterocycles. The van der Waals surface area contributed by atoms with Gasteiger partial charge in [-0.3, -0.25) is 4.79 Å². The molecule has 1 aromatic carbocycles. The summed E-state index contributed by atoms with van der Waals surface area (Å²) in [5.74, 6) is 1.01. The molecule has 2 unspecified atom stereocenters. The summed E-state index contributed by atoms with van der Waals surface area (Å²) in [7, 11) is 1.85. The van der Waals surface area contributed by atoms with Crippen molar-refractivity contribution in [3.8, 4) is 0 Å². The molecular weight excluding hydrogens is 244 g/mol. The fourth-order valence-corrected chi connectivity index (χ4v) is 2.25. The third-order valence-corrected chi connectivity index (χ3v) is 3.67. The number of hydrogen-bond donors (Lipinski definition) is 1. The Kier molecular flexibility index (Phi) is 3.66. The van der Waals surface area contributed by atoms with Gasteiger partial charge in [0.25, 0.3) is 0 Å². The minimum absolute atomic E-state index is 0.230. The molecule has 0 aliphatic heterocycles. The van der Waals surface area contributed by atoms with Crippen LogP contribution in [0.4, 0.5) is 0 Å². The molecule has 1 aromatic rings. The summed E-state index contributed by atoms with van der Waals surface area (Å²) in [4.78, 5) is 14.2. The second kappa shape index (κ2) is 5.06. The van der Waals surface area contributed by atoms with Crippen molar-refractivity contribution >= 4 is 23.1 Å². The highest BCUT2D eigenvalue weighted by molar-refractivity contribution is 7.80. The van der Waals surface area contributed by atoms with E-state index in [0.29, 0.717) is 17.5 Å². The van der Waals surface area contributed by atoms with Gasteiger partial charge in [-0.15, -0.1) is 0 Å². The first-order valence-corrected chi connectivity index (χ1v) is 6.53. The van der Waals surface area contributed by atoms with E-state index in [-0.39, 0.29) is 11.8 Å². The van der Waals surface area contributed by atoms with Crippen LogP contribution in [0, 0.1) is 11.8 Å². The number of thiocarbonyl (C=S) groups is 1. The van der Waals surface area contributed by atoms with Crippen LogP contribution in [0.2, 0.25) is 0 Å². The van der Waals surface area contributed by atoms with Gasteiger partial charge in [0.15, 0.2) is 0 Å². The third-order valence-electron chi connectivity index (χ3n) is 3.43. The lowest BCUT2D eigenvalue weighted by Gasteiger charge is -2.17. The van der Waals surface area contributed by atoms with Crippen molar-refractivity contribution in [2.45, 2.75) is 19.9 Å². The first-order valence-electron chi connectivity index (χ1n) is 6.12. The Morgan fingerprint density at radius 1 is 1.56 bits per heavy atom. The van der Waals surface area contributed by atoms with Crippen molar-refractivity contribution in [1.29, 1.82) is 0 Å². The van der Waals surface area contributed by atoms with Crippen molar-refractivity contribution in [2.75, 3.05) is 7.05 Å². The molecule has 96 valence electrons. The maximum atomic E-state index is 12.0. The number of nitrogens with zero attached hydrogens (tertiary/aromatic N) is 1. The topological polar surface area (TPSA) is 46.3 Å². The van der Waals surface area contributed by atoms with Crippen LogP contribution in [0.15, 0.2) is 24.3 Å². The number of benzene rings is 1. The van der Waals surface area contributed by atoms with E-state index >= 15 is 0 Å². The lowest BCUT2D eigenvalue weighted by molar-refractivity contribution is -0.132. The lowest BCUT2D eigenvalue weighted by atomic mass is 10.1. The minimum atomic E-state index is 0.230. The van der Waals surface area contributed by atoms with E-state index in [4.69, 9.17) is 18.0 Å². The molecule has 0 bridgehead atoms. The number of amides is 1. The van der Waals surface area contributed by atoms with Gasteiger partial charge in [-0.05, 0) is 24.0 Å². The van der Waals surface area contributed by atoms with E-state index < -0.39 is 0 Å². The van der Waals surface area contributed by atoms with Gasteiger partial charge in [-0.2, -0.15) is 0 Å². The zero-order valence-electron chi connectivity index (χ0n) is 10.7. The van der Waals surface area contributed by atoms with E-state index in [1.807, 2.05) is 31.3 Å². The van der Waals surface area contributed by atoms with Crippen molar-refractivity contribution < 1.29 is 4.79 Å². The Morgan fingerprint density at radius 3 is 2.78 bits per heavy atom. The van der Waals surface area contributed by atoms with Gasteiger partial charge >= 0.3 is 0 Å². The van der Waals surface area contributed by atoms with Crippen LogP contribution < -0.4 is 5.73 Å². The van der Waals surface area contributed by atoms with E-state index in [9.17, 15) is 4.79 Å². The smallest absolute Gasteiger partial charge is 0.226 e. The average molecular weight is 262 g/mol. The Hall–Kier alpha value is -1.42. The molecule has 1 saturated carbocycles. The number of rotatable bonds is 4. The molecule has 18 heavy (non-hydrogen) atoms. The lowest BCUT2D eigenvalue weighted by Crippen LogP contribution is -2.28.